The van der Waals surface area contributed by atoms with E-state index < -0.39 is 0 Å². The van der Waals surface area contributed by atoms with Gasteiger partial charge in [-0.3, -0.25) is 4.90 Å². The van der Waals surface area contributed by atoms with Gasteiger partial charge in [-0.05, 0) is 44.7 Å². The van der Waals surface area contributed by atoms with E-state index in [1.54, 1.807) is 0 Å². The minimum Gasteiger partial charge on any atom is -0.395 e. The summed E-state index contributed by atoms with van der Waals surface area (Å²) >= 11 is 0. The molecule has 0 aromatic rings. The lowest BCUT2D eigenvalue weighted by atomic mass is 10.1. The van der Waals surface area contributed by atoms with Crippen LogP contribution >= 0.6 is 0 Å². The molecule has 3 heteroatoms. The van der Waals surface area contributed by atoms with Gasteiger partial charge in [-0.2, -0.15) is 0 Å². The van der Waals surface area contributed by atoms with E-state index in [2.05, 4.69) is 17.1 Å². The zero-order chi connectivity index (χ0) is 10.7. The van der Waals surface area contributed by atoms with Gasteiger partial charge in [0, 0.05) is 18.6 Å². The van der Waals surface area contributed by atoms with Crippen LogP contribution in [0.25, 0.3) is 0 Å². The van der Waals surface area contributed by atoms with Crippen LogP contribution in [0.4, 0.5) is 0 Å². The highest BCUT2D eigenvalue weighted by molar-refractivity contribution is 4.83. The van der Waals surface area contributed by atoms with Crippen molar-refractivity contribution in [2.75, 3.05) is 26.2 Å². The molecule has 0 radical (unpaired) electrons. The highest BCUT2D eigenvalue weighted by Gasteiger charge is 2.26. The molecule has 2 unspecified atom stereocenters. The zero-order valence-corrected chi connectivity index (χ0v) is 9.78. The van der Waals surface area contributed by atoms with Crippen LogP contribution in [-0.2, 0) is 0 Å². The molecule has 1 saturated heterocycles. The van der Waals surface area contributed by atoms with E-state index in [1.807, 2.05) is 0 Å². The van der Waals surface area contributed by atoms with Gasteiger partial charge in [0.25, 0.3) is 0 Å². The molecule has 0 spiro atoms. The van der Waals surface area contributed by atoms with Gasteiger partial charge < -0.3 is 10.4 Å². The minimum atomic E-state index is 0.336. The van der Waals surface area contributed by atoms with Crippen molar-refractivity contribution in [1.29, 1.82) is 0 Å². The van der Waals surface area contributed by atoms with Crippen molar-refractivity contribution < 1.29 is 5.11 Å². The maximum Gasteiger partial charge on any atom is 0.0586 e. The van der Waals surface area contributed by atoms with Crippen molar-refractivity contribution in [3.8, 4) is 0 Å². The van der Waals surface area contributed by atoms with Crippen LogP contribution in [0.15, 0.2) is 0 Å². The minimum absolute atomic E-state index is 0.336. The monoisotopic (exact) mass is 212 g/mol. The Balaban J connectivity index is 1.65. The molecule has 0 amide bonds. The predicted octanol–water partition coefficient (Wildman–Crippen LogP) is 0.831. The lowest BCUT2D eigenvalue weighted by Crippen LogP contribution is -2.38. The summed E-state index contributed by atoms with van der Waals surface area (Å²) in [6.07, 6.45) is 5.18. The standard InChI is InChI=1S/C12H24N2O/c1-10(7-13-11-4-5-11)8-14-6-2-3-12(14)9-15/h10-13,15H,2-9H2,1H3. The molecule has 0 aromatic carbocycles. The Kier molecular flexibility index (Phi) is 4.00. The fourth-order valence-electron chi connectivity index (χ4n) is 2.46. The van der Waals surface area contributed by atoms with Crippen LogP contribution in [-0.4, -0.2) is 48.3 Å². The number of hydrogen-bond donors (Lipinski definition) is 2. The second-order valence-electron chi connectivity index (χ2n) is 5.26. The van der Waals surface area contributed by atoms with Crippen LogP contribution in [0.1, 0.15) is 32.6 Å². The predicted molar refractivity (Wildman–Crippen MR) is 61.9 cm³/mol. The topological polar surface area (TPSA) is 35.5 Å². The van der Waals surface area contributed by atoms with Gasteiger partial charge in [-0.25, -0.2) is 0 Å². The van der Waals surface area contributed by atoms with Gasteiger partial charge in [0.2, 0.25) is 0 Å². The van der Waals surface area contributed by atoms with E-state index in [0.29, 0.717) is 18.6 Å². The number of likely N-dealkylation sites (tertiary alicyclic amines) is 1. The van der Waals surface area contributed by atoms with Gasteiger partial charge >= 0.3 is 0 Å². The van der Waals surface area contributed by atoms with Gasteiger partial charge in [0.1, 0.15) is 0 Å². The molecule has 2 rings (SSSR count). The molecule has 1 heterocycles. The molecule has 88 valence electrons. The zero-order valence-electron chi connectivity index (χ0n) is 9.78. The third-order valence-electron chi connectivity index (χ3n) is 3.59. The number of aliphatic hydroxyl groups is 1. The maximum absolute atomic E-state index is 9.22. The molecule has 2 aliphatic rings. The van der Waals surface area contributed by atoms with Gasteiger partial charge in [-0.15, -0.1) is 0 Å². The van der Waals surface area contributed by atoms with Crippen LogP contribution < -0.4 is 5.32 Å². The summed E-state index contributed by atoms with van der Waals surface area (Å²) in [5.41, 5.74) is 0. The van der Waals surface area contributed by atoms with Gasteiger partial charge in [-0.1, -0.05) is 6.92 Å². The highest BCUT2D eigenvalue weighted by Crippen LogP contribution is 2.20. The highest BCUT2D eigenvalue weighted by atomic mass is 16.3. The third kappa shape index (κ3) is 3.44. The number of nitrogens with zero attached hydrogens (tertiary/aromatic N) is 1. The Hall–Kier alpha value is -0.120. The van der Waals surface area contributed by atoms with Crippen LogP contribution in [0.5, 0.6) is 0 Å². The van der Waals surface area contributed by atoms with E-state index in [9.17, 15) is 5.11 Å². The summed E-state index contributed by atoms with van der Waals surface area (Å²) in [5.74, 6) is 0.706. The molecule has 1 saturated carbocycles. The van der Waals surface area contributed by atoms with Crippen molar-refractivity contribution in [2.45, 2.75) is 44.7 Å². The average molecular weight is 212 g/mol. The van der Waals surface area contributed by atoms with Crippen LogP contribution in [0.3, 0.4) is 0 Å². The van der Waals surface area contributed by atoms with Crippen LogP contribution in [0.2, 0.25) is 0 Å². The summed E-state index contributed by atoms with van der Waals surface area (Å²) in [7, 11) is 0. The van der Waals surface area contributed by atoms with Crippen molar-refractivity contribution in [3.63, 3.8) is 0 Å². The Labute approximate surface area is 92.8 Å². The fourth-order valence-corrected chi connectivity index (χ4v) is 2.46. The van der Waals surface area contributed by atoms with Gasteiger partial charge in [0.15, 0.2) is 0 Å². The summed E-state index contributed by atoms with van der Waals surface area (Å²) < 4.78 is 0. The Morgan fingerprint density at radius 2 is 2.20 bits per heavy atom. The molecule has 3 nitrogen and oxygen atoms in total. The third-order valence-corrected chi connectivity index (χ3v) is 3.59. The molecule has 15 heavy (non-hydrogen) atoms. The molecule has 1 aliphatic carbocycles. The van der Waals surface area contributed by atoms with Crippen molar-refractivity contribution >= 4 is 0 Å². The molecular weight excluding hydrogens is 188 g/mol. The van der Waals surface area contributed by atoms with Crippen molar-refractivity contribution in [1.82, 2.24) is 10.2 Å². The Morgan fingerprint density at radius 1 is 1.40 bits per heavy atom. The number of nitrogens with one attached hydrogen (secondary N) is 1. The Morgan fingerprint density at radius 3 is 2.87 bits per heavy atom. The lowest BCUT2D eigenvalue weighted by molar-refractivity contribution is 0.144. The quantitative estimate of drug-likeness (QED) is 0.684. The fraction of sp³-hybridized carbons (Fsp3) is 1.00. The van der Waals surface area contributed by atoms with Crippen LogP contribution in [0, 0.1) is 5.92 Å². The first kappa shape index (κ1) is 11.4. The van der Waals surface area contributed by atoms with E-state index in [4.69, 9.17) is 0 Å². The van der Waals surface area contributed by atoms with E-state index in [0.717, 1.165) is 19.1 Å². The number of hydrogen-bond acceptors (Lipinski definition) is 3. The number of aliphatic hydroxyl groups excluding tert-OH is 1. The summed E-state index contributed by atoms with van der Waals surface area (Å²) in [6.45, 7) is 6.11. The summed E-state index contributed by atoms with van der Waals surface area (Å²) in [5, 5.41) is 12.8. The van der Waals surface area contributed by atoms with E-state index in [1.165, 1.54) is 32.2 Å². The smallest absolute Gasteiger partial charge is 0.0586 e. The Bertz CT molecular complexity index is 194. The largest absolute Gasteiger partial charge is 0.395 e. The molecule has 1 aliphatic heterocycles. The van der Waals surface area contributed by atoms with Crippen molar-refractivity contribution in [2.24, 2.45) is 5.92 Å². The maximum atomic E-state index is 9.22. The molecule has 0 bridgehead atoms. The van der Waals surface area contributed by atoms with Gasteiger partial charge in [0.05, 0.1) is 6.61 Å². The average Bonchev–Trinajstić information content (AvgIpc) is 2.96. The first-order valence-corrected chi connectivity index (χ1v) is 6.38. The molecule has 2 N–H and O–H groups in total. The number of rotatable bonds is 6. The normalized spacial score (nSPS) is 29.6. The van der Waals surface area contributed by atoms with E-state index >= 15 is 0 Å². The first-order chi connectivity index (χ1) is 7.29. The molecule has 2 atom stereocenters. The summed E-state index contributed by atoms with van der Waals surface area (Å²) in [4.78, 5) is 2.46. The summed E-state index contributed by atoms with van der Waals surface area (Å²) in [6, 6.07) is 1.26. The first-order valence-electron chi connectivity index (χ1n) is 6.38. The molecule has 0 aromatic heterocycles. The SMILES string of the molecule is CC(CNC1CC1)CN1CCCC1CO. The van der Waals surface area contributed by atoms with E-state index in [-0.39, 0.29) is 0 Å². The second kappa shape index (κ2) is 5.28. The second-order valence-corrected chi connectivity index (χ2v) is 5.26. The molecular formula is C12H24N2O. The molecule has 2 fully saturated rings. The lowest BCUT2D eigenvalue weighted by Gasteiger charge is -2.26. The van der Waals surface area contributed by atoms with Crippen molar-refractivity contribution in [3.05, 3.63) is 0 Å².